The number of nitrogens with one attached hydrogen (secondary N) is 1. The lowest BCUT2D eigenvalue weighted by atomic mass is 10.0. The molecule has 4 nitrogen and oxygen atoms in total. The van der Waals surface area contributed by atoms with Crippen LogP contribution in [-0.4, -0.2) is 19.3 Å². The second kappa shape index (κ2) is 5.14. The van der Waals surface area contributed by atoms with Crippen LogP contribution in [0.2, 0.25) is 0 Å². The van der Waals surface area contributed by atoms with Gasteiger partial charge in [0.05, 0.1) is 20.8 Å². The molecule has 0 bridgehead atoms. The minimum atomic E-state index is -0.373. The number of methoxy groups -OCH3 is 1. The molecule has 0 fully saturated rings. The molecule has 0 saturated carbocycles. The molecule has 2 N–H and O–H groups in total. The van der Waals surface area contributed by atoms with Gasteiger partial charge in [0.1, 0.15) is 5.82 Å². The van der Waals surface area contributed by atoms with Crippen LogP contribution in [0.5, 0.6) is 11.5 Å². The Morgan fingerprint density at radius 3 is 2.38 bits per heavy atom. The van der Waals surface area contributed by atoms with Crippen molar-refractivity contribution in [2.75, 3.05) is 14.2 Å². The highest BCUT2D eigenvalue weighted by molar-refractivity contribution is 5.54. The van der Waals surface area contributed by atoms with E-state index in [0.717, 1.165) is 0 Å². The predicted molar refractivity (Wildman–Crippen MR) is 57.9 cm³/mol. The number of ether oxygens (including phenoxy) is 1. The van der Waals surface area contributed by atoms with Crippen LogP contribution in [0.3, 0.4) is 0 Å². The molecule has 0 saturated heterocycles. The summed E-state index contributed by atoms with van der Waals surface area (Å²) in [4.78, 5) is 4.67. The van der Waals surface area contributed by atoms with Crippen LogP contribution in [0.1, 0.15) is 16.7 Å². The van der Waals surface area contributed by atoms with E-state index >= 15 is 0 Å². The van der Waals surface area contributed by atoms with Crippen LogP contribution < -0.4 is 10.2 Å². The molecule has 0 aliphatic carbocycles. The third kappa shape index (κ3) is 2.10. The smallest absolute Gasteiger partial charge is 0.166 e. The van der Waals surface area contributed by atoms with Crippen molar-refractivity contribution >= 4 is 0 Å². The van der Waals surface area contributed by atoms with Gasteiger partial charge in [0, 0.05) is 11.1 Å². The lowest BCUT2D eigenvalue weighted by Gasteiger charge is -2.16. The van der Waals surface area contributed by atoms with E-state index in [2.05, 4.69) is 10.3 Å². The molecule has 0 amide bonds. The van der Waals surface area contributed by atoms with Crippen molar-refractivity contribution in [2.45, 2.75) is 20.4 Å². The average Bonchev–Trinajstić information content (AvgIpc) is 2.27. The van der Waals surface area contributed by atoms with Gasteiger partial charge < -0.3 is 14.7 Å². The molecule has 0 unspecified atom stereocenters. The zero-order valence-electron chi connectivity index (χ0n) is 9.85. The minimum Gasteiger partial charge on any atom is -0.504 e. The Hall–Kier alpha value is -1.33. The molecule has 0 atom stereocenters. The molecule has 0 radical (unpaired) electrons. The fraction of sp³-hybridized carbons (Fsp3) is 0.455. The third-order valence-corrected chi connectivity index (χ3v) is 2.55. The summed E-state index contributed by atoms with van der Waals surface area (Å²) in [6.07, 6.45) is 0. The lowest BCUT2D eigenvalue weighted by molar-refractivity contribution is 0.0858. The molecular weight excluding hydrogens is 213 g/mol. The quantitative estimate of drug-likeness (QED) is 0.773. The molecule has 0 heterocycles. The van der Waals surface area contributed by atoms with Gasteiger partial charge in [0.25, 0.3) is 0 Å². The van der Waals surface area contributed by atoms with Gasteiger partial charge in [-0.05, 0) is 19.4 Å². The lowest BCUT2D eigenvalue weighted by Crippen LogP contribution is -2.13. The van der Waals surface area contributed by atoms with E-state index in [1.807, 2.05) is 0 Å². The standard InChI is InChI=1S/C11H16FNO3/c1-6-8(5-13-16-4)10(14)11(15-3)7(2)9(6)12/h13-14H,5H2,1-4H3. The SMILES string of the molecule is CONCc1c(C)c(F)c(C)c(OC)c1O. The summed E-state index contributed by atoms with van der Waals surface area (Å²) in [5.41, 5.74) is 3.69. The maximum atomic E-state index is 13.8. The number of rotatable bonds is 4. The van der Waals surface area contributed by atoms with E-state index in [-0.39, 0.29) is 23.9 Å². The molecule has 1 rings (SSSR count). The zero-order chi connectivity index (χ0) is 12.3. The first-order valence-corrected chi connectivity index (χ1v) is 4.84. The molecule has 5 heteroatoms. The number of hydroxylamine groups is 1. The summed E-state index contributed by atoms with van der Waals surface area (Å²) in [7, 11) is 2.85. The Kier molecular flexibility index (Phi) is 4.09. The average molecular weight is 229 g/mol. The number of benzene rings is 1. The van der Waals surface area contributed by atoms with Gasteiger partial charge in [-0.15, -0.1) is 0 Å². The Labute approximate surface area is 93.9 Å². The number of hydrogen-bond donors (Lipinski definition) is 2. The van der Waals surface area contributed by atoms with Crippen LogP contribution in [0.4, 0.5) is 4.39 Å². The first-order valence-electron chi connectivity index (χ1n) is 4.84. The van der Waals surface area contributed by atoms with Crippen molar-refractivity contribution in [1.82, 2.24) is 5.48 Å². The molecular formula is C11H16FNO3. The normalized spacial score (nSPS) is 10.6. The fourth-order valence-electron chi connectivity index (χ4n) is 1.62. The Morgan fingerprint density at radius 1 is 1.25 bits per heavy atom. The van der Waals surface area contributed by atoms with Gasteiger partial charge in [0.15, 0.2) is 11.5 Å². The molecule has 0 aromatic heterocycles. The van der Waals surface area contributed by atoms with Crippen molar-refractivity contribution in [3.63, 3.8) is 0 Å². The number of phenolic OH excluding ortho intramolecular Hbond substituents is 1. The van der Waals surface area contributed by atoms with Crippen molar-refractivity contribution in [3.8, 4) is 11.5 Å². The first-order chi connectivity index (χ1) is 7.54. The zero-order valence-corrected chi connectivity index (χ0v) is 9.85. The van der Waals surface area contributed by atoms with Crippen molar-refractivity contribution in [2.24, 2.45) is 0 Å². The van der Waals surface area contributed by atoms with E-state index in [9.17, 15) is 9.50 Å². The van der Waals surface area contributed by atoms with E-state index in [0.29, 0.717) is 16.7 Å². The highest BCUT2D eigenvalue weighted by Gasteiger charge is 2.19. The molecule has 1 aromatic rings. The van der Waals surface area contributed by atoms with Gasteiger partial charge in [-0.25, -0.2) is 4.39 Å². The van der Waals surface area contributed by atoms with Crippen LogP contribution in [0.15, 0.2) is 0 Å². The molecule has 16 heavy (non-hydrogen) atoms. The molecule has 0 spiro atoms. The van der Waals surface area contributed by atoms with Gasteiger partial charge >= 0.3 is 0 Å². The van der Waals surface area contributed by atoms with Crippen LogP contribution in [0, 0.1) is 19.7 Å². The maximum Gasteiger partial charge on any atom is 0.166 e. The van der Waals surface area contributed by atoms with Gasteiger partial charge in [-0.1, -0.05) is 0 Å². The van der Waals surface area contributed by atoms with Gasteiger partial charge in [0.2, 0.25) is 0 Å². The van der Waals surface area contributed by atoms with Crippen molar-refractivity contribution < 1.29 is 19.1 Å². The summed E-state index contributed by atoms with van der Waals surface area (Å²) in [6, 6.07) is 0. The molecule has 0 aliphatic rings. The van der Waals surface area contributed by atoms with Crippen LogP contribution in [-0.2, 0) is 11.4 Å². The summed E-state index contributed by atoms with van der Waals surface area (Å²) in [5.74, 6) is -0.262. The summed E-state index contributed by atoms with van der Waals surface area (Å²) >= 11 is 0. The number of halogens is 1. The summed E-state index contributed by atoms with van der Waals surface area (Å²) < 4.78 is 18.8. The molecule has 1 aromatic carbocycles. The summed E-state index contributed by atoms with van der Waals surface area (Å²) in [6.45, 7) is 3.38. The van der Waals surface area contributed by atoms with Crippen LogP contribution in [0.25, 0.3) is 0 Å². The predicted octanol–water partition coefficient (Wildman–Crippen LogP) is 1.81. The number of phenols is 1. The third-order valence-electron chi connectivity index (χ3n) is 2.55. The van der Waals surface area contributed by atoms with Crippen molar-refractivity contribution in [3.05, 3.63) is 22.5 Å². The van der Waals surface area contributed by atoms with Gasteiger partial charge in [-0.2, -0.15) is 5.48 Å². The van der Waals surface area contributed by atoms with Gasteiger partial charge in [-0.3, -0.25) is 0 Å². The topological polar surface area (TPSA) is 50.7 Å². The molecule has 0 aliphatic heterocycles. The highest BCUT2D eigenvalue weighted by atomic mass is 19.1. The maximum absolute atomic E-state index is 13.8. The van der Waals surface area contributed by atoms with E-state index in [4.69, 9.17) is 4.74 Å². The molecule has 90 valence electrons. The fourth-order valence-corrected chi connectivity index (χ4v) is 1.62. The van der Waals surface area contributed by atoms with Crippen LogP contribution >= 0.6 is 0 Å². The Balaban J connectivity index is 3.31. The Morgan fingerprint density at radius 2 is 1.88 bits per heavy atom. The Bertz CT molecular complexity index is 394. The minimum absolute atomic E-state index is 0.0524. The number of hydrogen-bond acceptors (Lipinski definition) is 4. The summed E-state index contributed by atoms with van der Waals surface area (Å²) in [5, 5.41) is 9.91. The monoisotopic (exact) mass is 229 g/mol. The highest BCUT2D eigenvalue weighted by Crippen LogP contribution is 2.37. The van der Waals surface area contributed by atoms with E-state index in [1.165, 1.54) is 14.2 Å². The first kappa shape index (κ1) is 12.7. The van der Waals surface area contributed by atoms with Crippen molar-refractivity contribution in [1.29, 1.82) is 0 Å². The van der Waals surface area contributed by atoms with E-state index in [1.54, 1.807) is 13.8 Å². The number of aromatic hydroxyl groups is 1. The largest absolute Gasteiger partial charge is 0.504 e. The van der Waals surface area contributed by atoms with E-state index < -0.39 is 0 Å². The second-order valence-corrected chi connectivity index (χ2v) is 3.45. The second-order valence-electron chi connectivity index (χ2n) is 3.45.